The smallest absolute Gasteiger partial charge is 0.334 e. The number of nitrogens with two attached hydrogens (primary N) is 1. The highest BCUT2D eigenvalue weighted by Gasteiger charge is 2.39. The topological polar surface area (TPSA) is 234 Å². The van der Waals surface area contributed by atoms with E-state index in [1.54, 1.807) is 67.4 Å². The van der Waals surface area contributed by atoms with Crippen molar-refractivity contribution in [3.63, 3.8) is 0 Å². The van der Waals surface area contributed by atoms with Crippen LogP contribution in [0.15, 0.2) is 55.0 Å². The number of esters is 1. The summed E-state index contributed by atoms with van der Waals surface area (Å²) >= 11 is 0. The van der Waals surface area contributed by atoms with E-state index in [0.29, 0.717) is 34.8 Å². The Labute approximate surface area is 292 Å². The summed E-state index contributed by atoms with van der Waals surface area (Å²) in [6.07, 6.45) is 5.28. The number of amidine groups is 1. The Bertz CT molecular complexity index is 2060. The molecule has 18 nitrogen and oxygen atoms in total. The van der Waals surface area contributed by atoms with Gasteiger partial charge in [0, 0.05) is 77.8 Å². The number of rotatable bonds is 13. The number of amides is 4. The molecule has 51 heavy (non-hydrogen) atoms. The van der Waals surface area contributed by atoms with E-state index in [9.17, 15) is 24.0 Å². The Balaban J connectivity index is 1.18. The van der Waals surface area contributed by atoms with Crippen LogP contribution in [0.4, 0.5) is 17.1 Å². The molecule has 0 spiro atoms. The largest absolute Gasteiger partial charge is 0.472 e. The molecule has 1 unspecified atom stereocenters. The summed E-state index contributed by atoms with van der Waals surface area (Å²) in [6, 6.07) is 5.99. The second kappa shape index (κ2) is 14.1. The monoisotopic (exact) mass is 701 g/mol. The van der Waals surface area contributed by atoms with Gasteiger partial charge in [0.25, 0.3) is 23.6 Å². The predicted octanol–water partition coefficient (Wildman–Crippen LogP) is 1.89. The van der Waals surface area contributed by atoms with Gasteiger partial charge in [-0.25, -0.2) is 4.79 Å². The fraction of sp³-hybridized carbons (Fsp3) is 0.303. The van der Waals surface area contributed by atoms with Gasteiger partial charge in [0.15, 0.2) is 0 Å². The van der Waals surface area contributed by atoms with Gasteiger partial charge in [0.05, 0.1) is 22.9 Å². The summed E-state index contributed by atoms with van der Waals surface area (Å²) in [6.45, 7) is 5.65. The normalized spacial score (nSPS) is 15.3. The Hall–Kier alpha value is -6.59. The Morgan fingerprint density at radius 2 is 1.33 bits per heavy atom. The first kappa shape index (κ1) is 35.7. The molecule has 1 aliphatic rings. The predicted molar refractivity (Wildman–Crippen MR) is 186 cm³/mol. The highest BCUT2D eigenvalue weighted by atomic mass is 16.6. The fourth-order valence-electron chi connectivity index (χ4n) is 5.45. The summed E-state index contributed by atoms with van der Waals surface area (Å²) in [7, 11) is 6.53. The van der Waals surface area contributed by atoms with E-state index in [1.165, 1.54) is 28.9 Å². The number of carbonyl (C=O) groups is 5. The van der Waals surface area contributed by atoms with Gasteiger partial charge in [-0.3, -0.25) is 29.3 Å². The molecule has 1 aliphatic heterocycles. The lowest BCUT2D eigenvalue weighted by Gasteiger charge is -2.21. The zero-order valence-electron chi connectivity index (χ0n) is 28.7. The summed E-state index contributed by atoms with van der Waals surface area (Å²) in [4.78, 5) is 63.7. The van der Waals surface area contributed by atoms with Crippen LogP contribution >= 0.6 is 0 Å². The number of cyclic esters (lactones) is 1. The third-order valence-corrected chi connectivity index (χ3v) is 8.00. The number of nitrogens with zero attached hydrogens (tertiary/aromatic N) is 5. The number of carbonyl (C=O) groups excluding carboxylic acids is 5. The van der Waals surface area contributed by atoms with Crippen LogP contribution in [0, 0.1) is 5.41 Å². The minimum atomic E-state index is -0.880. The molecule has 7 N–H and O–H groups in total. The summed E-state index contributed by atoms with van der Waals surface area (Å²) < 4.78 is 17.0. The minimum Gasteiger partial charge on any atom is -0.472 e. The maximum atomic E-state index is 13.2. The number of anilines is 3. The van der Waals surface area contributed by atoms with E-state index in [-0.39, 0.29) is 54.3 Å². The fourth-order valence-corrected chi connectivity index (χ4v) is 5.45. The van der Waals surface area contributed by atoms with Crippen LogP contribution in [-0.4, -0.2) is 77.7 Å². The molecular formula is C33H39N11O7. The zero-order chi connectivity index (χ0) is 37.2. The van der Waals surface area contributed by atoms with Crippen molar-refractivity contribution in [2.75, 3.05) is 29.1 Å². The molecule has 4 aromatic rings. The lowest BCUT2D eigenvalue weighted by molar-refractivity contribution is -0.147. The van der Waals surface area contributed by atoms with E-state index >= 15 is 0 Å². The van der Waals surface area contributed by atoms with Crippen LogP contribution in [0.5, 0.6) is 5.88 Å². The van der Waals surface area contributed by atoms with Crippen molar-refractivity contribution in [1.82, 2.24) is 28.8 Å². The highest BCUT2D eigenvalue weighted by Crippen LogP contribution is 2.30. The third-order valence-electron chi connectivity index (χ3n) is 8.00. The average molecular weight is 702 g/mol. The lowest BCUT2D eigenvalue weighted by Crippen LogP contribution is -2.32. The van der Waals surface area contributed by atoms with E-state index in [4.69, 9.17) is 20.6 Å². The maximum Gasteiger partial charge on any atom is 0.334 e. The molecule has 0 aliphatic carbocycles. The van der Waals surface area contributed by atoms with E-state index < -0.39 is 29.3 Å². The molecular weight excluding hydrogens is 662 g/mol. The van der Waals surface area contributed by atoms with Gasteiger partial charge >= 0.3 is 5.97 Å². The van der Waals surface area contributed by atoms with Crippen molar-refractivity contribution < 1.29 is 33.4 Å². The van der Waals surface area contributed by atoms with Gasteiger partial charge in [0.1, 0.15) is 35.0 Å². The Morgan fingerprint density at radius 1 is 0.863 bits per heavy atom. The SMILES string of the molecule is C=C1CC(C)(COc2cc(C(=O)Nc3cc(C(=O)Nc4cc(C(=O)Nc5cc(C(=O)NCCC(=N)N)n(C)c5)n(C)c4)n(C)c3)n(C)n2)OC1=O. The van der Waals surface area contributed by atoms with Crippen LogP contribution in [0.3, 0.4) is 0 Å². The summed E-state index contributed by atoms with van der Waals surface area (Å²) in [5, 5.41) is 22.4. The zero-order valence-corrected chi connectivity index (χ0v) is 28.7. The second-order valence-electron chi connectivity index (χ2n) is 12.5. The third kappa shape index (κ3) is 8.18. The maximum absolute atomic E-state index is 13.2. The number of aromatic nitrogens is 5. The first-order chi connectivity index (χ1) is 24.0. The van der Waals surface area contributed by atoms with Crippen LogP contribution in [0.1, 0.15) is 61.7 Å². The number of hydrogen-bond donors (Lipinski definition) is 6. The molecule has 0 aromatic carbocycles. The molecule has 18 heteroatoms. The molecule has 1 fully saturated rings. The quantitative estimate of drug-likeness (QED) is 0.0516. The van der Waals surface area contributed by atoms with Crippen molar-refractivity contribution in [3.8, 4) is 5.88 Å². The number of nitrogens with one attached hydrogen (secondary N) is 5. The first-order valence-corrected chi connectivity index (χ1v) is 15.6. The van der Waals surface area contributed by atoms with E-state index in [1.807, 2.05) is 0 Å². The van der Waals surface area contributed by atoms with Gasteiger partial charge in [-0.1, -0.05) is 6.58 Å². The molecule has 0 bridgehead atoms. The molecule has 268 valence electrons. The standard InChI is InChI=1S/C33H39N11O7/c1-18-13-33(2,51-32(18)49)17-50-27-12-25(44(6)40-27)31(48)39-21-11-24(43(5)16-21)30(47)38-20-10-23(42(4)15-20)29(46)37-19-9-22(41(3)14-19)28(45)36-8-7-26(34)35/h9-12,14-16H,1,7-8,13,17H2,2-6H3,(H3,34,35)(H,36,45)(H,37,46)(H,38,47)(H,39,48). The van der Waals surface area contributed by atoms with Crippen molar-refractivity contribution in [3.05, 3.63) is 77.8 Å². The van der Waals surface area contributed by atoms with E-state index in [2.05, 4.69) is 32.9 Å². The van der Waals surface area contributed by atoms with Crippen molar-refractivity contribution >= 4 is 52.5 Å². The molecule has 4 aromatic heterocycles. The van der Waals surface area contributed by atoms with Gasteiger partial charge in [-0.15, -0.1) is 5.10 Å². The Kier molecular flexibility index (Phi) is 9.87. The van der Waals surface area contributed by atoms with Crippen LogP contribution in [0.25, 0.3) is 0 Å². The number of hydrogen-bond acceptors (Lipinski definition) is 9. The van der Waals surface area contributed by atoms with Crippen molar-refractivity contribution in [2.24, 2.45) is 33.9 Å². The highest BCUT2D eigenvalue weighted by molar-refractivity contribution is 6.08. The van der Waals surface area contributed by atoms with Crippen LogP contribution in [-0.2, 0) is 37.7 Å². The van der Waals surface area contributed by atoms with Crippen LogP contribution in [0.2, 0.25) is 0 Å². The molecule has 0 radical (unpaired) electrons. The summed E-state index contributed by atoms with van der Waals surface area (Å²) in [5.41, 5.74) is 6.86. The molecule has 5 heterocycles. The van der Waals surface area contributed by atoms with Crippen molar-refractivity contribution in [2.45, 2.75) is 25.4 Å². The van der Waals surface area contributed by atoms with Crippen molar-refractivity contribution in [1.29, 1.82) is 5.41 Å². The number of ether oxygens (including phenoxy) is 2. The average Bonchev–Trinajstić information content (AvgIpc) is 3.84. The molecule has 1 atom stereocenters. The lowest BCUT2D eigenvalue weighted by atomic mass is 10.0. The Morgan fingerprint density at radius 3 is 1.78 bits per heavy atom. The van der Waals surface area contributed by atoms with Gasteiger partial charge in [-0.05, 0) is 25.1 Å². The van der Waals surface area contributed by atoms with E-state index in [0.717, 1.165) is 0 Å². The van der Waals surface area contributed by atoms with Gasteiger partial charge < -0.3 is 50.2 Å². The molecule has 5 rings (SSSR count). The number of aryl methyl sites for hydroxylation is 4. The summed E-state index contributed by atoms with van der Waals surface area (Å²) in [5.74, 6) is -2.18. The first-order valence-electron chi connectivity index (χ1n) is 15.6. The minimum absolute atomic E-state index is 0.0271. The van der Waals surface area contributed by atoms with Gasteiger partial charge in [-0.2, -0.15) is 0 Å². The second-order valence-corrected chi connectivity index (χ2v) is 12.5. The van der Waals surface area contributed by atoms with Gasteiger partial charge in [0.2, 0.25) is 5.88 Å². The van der Waals surface area contributed by atoms with Crippen LogP contribution < -0.4 is 31.7 Å². The molecule has 4 amide bonds. The molecule has 1 saturated heterocycles. The molecule has 0 saturated carbocycles.